The largest absolute Gasteiger partial charge is 0.480 e. The van der Waals surface area contributed by atoms with Gasteiger partial charge in [0.05, 0.1) is 0 Å². The highest BCUT2D eigenvalue weighted by molar-refractivity contribution is 5.89. The van der Waals surface area contributed by atoms with Gasteiger partial charge in [-0.3, -0.25) is 4.79 Å². The van der Waals surface area contributed by atoms with Crippen molar-refractivity contribution in [2.45, 2.75) is 26.4 Å². The number of amides is 1. The molecule has 1 amide bonds. The van der Waals surface area contributed by atoms with Crippen molar-refractivity contribution in [1.82, 2.24) is 5.32 Å². The van der Waals surface area contributed by atoms with Crippen LogP contribution in [-0.2, 0) is 9.53 Å². The zero-order valence-electron chi connectivity index (χ0n) is 13.2. The fraction of sp³-hybridized carbons (Fsp3) is 0.389. The lowest BCUT2D eigenvalue weighted by molar-refractivity contribution is -0.127. The lowest BCUT2D eigenvalue weighted by atomic mass is 10.1. The standard InChI is InChI=1S/C18H23NO3/c1-3-21-13-7-12-19-18(20)14(2)22-17-11-6-9-15-8-4-5-10-16(15)17/h4-6,8-11,14H,3,7,12-13H2,1-2H3,(H,19,20)/t14-/m1/s1. The zero-order valence-corrected chi connectivity index (χ0v) is 13.2. The van der Waals surface area contributed by atoms with Gasteiger partial charge in [0.2, 0.25) is 0 Å². The van der Waals surface area contributed by atoms with E-state index in [0.717, 1.165) is 22.9 Å². The molecule has 22 heavy (non-hydrogen) atoms. The summed E-state index contributed by atoms with van der Waals surface area (Å²) >= 11 is 0. The van der Waals surface area contributed by atoms with Crippen molar-refractivity contribution in [2.75, 3.05) is 19.8 Å². The highest BCUT2D eigenvalue weighted by Gasteiger charge is 2.15. The topological polar surface area (TPSA) is 47.6 Å². The van der Waals surface area contributed by atoms with Crippen LogP contribution in [0.15, 0.2) is 42.5 Å². The molecule has 4 heteroatoms. The van der Waals surface area contributed by atoms with Crippen molar-refractivity contribution >= 4 is 16.7 Å². The molecule has 0 heterocycles. The first kappa shape index (κ1) is 16.3. The van der Waals surface area contributed by atoms with Gasteiger partial charge >= 0.3 is 0 Å². The van der Waals surface area contributed by atoms with E-state index in [-0.39, 0.29) is 5.91 Å². The van der Waals surface area contributed by atoms with Gasteiger partial charge in [-0.05, 0) is 31.7 Å². The lowest BCUT2D eigenvalue weighted by Crippen LogP contribution is -2.37. The molecule has 0 radical (unpaired) electrons. The van der Waals surface area contributed by atoms with Crippen LogP contribution in [-0.4, -0.2) is 31.8 Å². The molecule has 0 bridgehead atoms. The summed E-state index contributed by atoms with van der Waals surface area (Å²) in [5.74, 6) is 0.625. The van der Waals surface area contributed by atoms with E-state index in [1.54, 1.807) is 6.92 Å². The molecule has 2 aromatic carbocycles. The van der Waals surface area contributed by atoms with Crippen molar-refractivity contribution < 1.29 is 14.3 Å². The van der Waals surface area contributed by atoms with E-state index in [2.05, 4.69) is 5.32 Å². The molecular weight excluding hydrogens is 278 g/mol. The molecule has 0 aliphatic rings. The van der Waals surface area contributed by atoms with Crippen LogP contribution in [0.3, 0.4) is 0 Å². The number of carbonyl (C=O) groups excluding carboxylic acids is 1. The Bertz CT molecular complexity index is 607. The molecule has 1 N–H and O–H groups in total. The number of ether oxygens (including phenoxy) is 2. The van der Waals surface area contributed by atoms with E-state index in [0.29, 0.717) is 19.8 Å². The maximum atomic E-state index is 12.0. The minimum atomic E-state index is -0.530. The number of nitrogens with one attached hydrogen (secondary N) is 1. The summed E-state index contributed by atoms with van der Waals surface area (Å²) in [6.07, 6.45) is 0.276. The molecule has 2 rings (SSSR count). The second kappa shape index (κ2) is 8.39. The van der Waals surface area contributed by atoms with E-state index in [9.17, 15) is 4.79 Å². The summed E-state index contributed by atoms with van der Waals surface area (Å²) in [4.78, 5) is 12.0. The highest BCUT2D eigenvalue weighted by atomic mass is 16.5. The monoisotopic (exact) mass is 301 g/mol. The first-order valence-electron chi connectivity index (χ1n) is 7.72. The summed E-state index contributed by atoms with van der Waals surface area (Å²) in [7, 11) is 0. The fourth-order valence-corrected chi connectivity index (χ4v) is 2.22. The fourth-order valence-electron chi connectivity index (χ4n) is 2.22. The molecule has 0 aromatic heterocycles. The predicted molar refractivity (Wildman–Crippen MR) is 88.2 cm³/mol. The van der Waals surface area contributed by atoms with E-state index in [1.807, 2.05) is 49.4 Å². The molecule has 0 aliphatic heterocycles. The number of benzene rings is 2. The quantitative estimate of drug-likeness (QED) is 0.762. The molecule has 0 fully saturated rings. The van der Waals surface area contributed by atoms with Crippen LogP contribution < -0.4 is 10.1 Å². The van der Waals surface area contributed by atoms with Gasteiger partial charge in [0, 0.05) is 25.1 Å². The molecule has 2 aromatic rings. The van der Waals surface area contributed by atoms with Gasteiger partial charge in [0.1, 0.15) is 5.75 Å². The second-order valence-electron chi connectivity index (χ2n) is 5.08. The molecule has 0 spiro atoms. The second-order valence-corrected chi connectivity index (χ2v) is 5.08. The Morgan fingerprint density at radius 2 is 1.95 bits per heavy atom. The molecule has 4 nitrogen and oxygen atoms in total. The Morgan fingerprint density at radius 1 is 1.18 bits per heavy atom. The molecule has 1 atom stereocenters. The summed E-state index contributed by atoms with van der Waals surface area (Å²) in [5.41, 5.74) is 0. The molecule has 0 aliphatic carbocycles. The molecular formula is C18H23NO3. The van der Waals surface area contributed by atoms with Crippen LogP contribution in [0.5, 0.6) is 5.75 Å². The predicted octanol–water partition coefficient (Wildman–Crippen LogP) is 3.15. The number of hydrogen-bond acceptors (Lipinski definition) is 3. The zero-order chi connectivity index (χ0) is 15.8. The van der Waals surface area contributed by atoms with Gasteiger partial charge in [0.25, 0.3) is 5.91 Å². The number of rotatable bonds is 8. The van der Waals surface area contributed by atoms with Crippen molar-refractivity contribution in [1.29, 1.82) is 0 Å². The van der Waals surface area contributed by atoms with Crippen LogP contribution in [0.4, 0.5) is 0 Å². The van der Waals surface area contributed by atoms with Crippen LogP contribution in [0.2, 0.25) is 0 Å². The van der Waals surface area contributed by atoms with Crippen LogP contribution >= 0.6 is 0 Å². The smallest absolute Gasteiger partial charge is 0.260 e. The van der Waals surface area contributed by atoms with E-state index in [4.69, 9.17) is 9.47 Å². The van der Waals surface area contributed by atoms with Gasteiger partial charge in [0.15, 0.2) is 6.10 Å². The van der Waals surface area contributed by atoms with Crippen LogP contribution in [0.1, 0.15) is 20.3 Å². The van der Waals surface area contributed by atoms with E-state index >= 15 is 0 Å². The summed E-state index contributed by atoms with van der Waals surface area (Å²) in [6, 6.07) is 13.8. The Labute approximate surface area is 131 Å². The summed E-state index contributed by atoms with van der Waals surface area (Å²) < 4.78 is 11.1. The molecule has 0 saturated carbocycles. The highest BCUT2D eigenvalue weighted by Crippen LogP contribution is 2.25. The third-order valence-corrected chi connectivity index (χ3v) is 3.39. The summed E-state index contributed by atoms with van der Waals surface area (Å²) in [6.45, 7) is 5.68. The number of hydrogen-bond donors (Lipinski definition) is 1. The van der Waals surface area contributed by atoms with Gasteiger partial charge in [-0.15, -0.1) is 0 Å². The number of fused-ring (bicyclic) bond motifs is 1. The summed E-state index contributed by atoms with van der Waals surface area (Å²) in [5, 5.41) is 4.98. The van der Waals surface area contributed by atoms with Gasteiger partial charge in [-0.1, -0.05) is 36.4 Å². The van der Waals surface area contributed by atoms with E-state index < -0.39 is 6.10 Å². The molecule has 0 unspecified atom stereocenters. The van der Waals surface area contributed by atoms with Crippen molar-refractivity contribution in [2.24, 2.45) is 0 Å². The lowest BCUT2D eigenvalue weighted by Gasteiger charge is -2.16. The average molecular weight is 301 g/mol. The Kier molecular flexibility index (Phi) is 6.22. The first-order chi connectivity index (χ1) is 10.7. The minimum Gasteiger partial charge on any atom is -0.480 e. The maximum Gasteiger partial charge on any atom is 0.260 e. The van der Waals surface area contributed by atoms with Gasteiger partial charge in [-0.2, -0.15) is 0 Å². The van der Waals surface area contributed by atoms with E-state index in [1.165, 1.54) is 0 Å². The Balaban J connectivity index is 1.90. The van der Waals surface area contributed by atoms with Crippen LogP contribution in [0.25, 0.3) is 10.8 Å². The first-order valence-corrected chi connectivity index (χ1v) is 7.72. The SMILES string of the molecule is CCOCCCNC(=O)[C@@H](C)Oc1cccc2ccccc12. The van der Waals surface area contributed by atoms with Crippen LogP contribution in [0, 0.1) is 0 Å². The van der Waals surface area contributed by atoms with Gasteiger partial charge in [-0.25, -0.2) is 0 Å². The van der Waals surface area contributed by atoms with Gasteiger partial charge < -0.3 is 14.8 Å². The molecule has 0 saturated heterocycles. The normalized spacial score (nSPS) is 12.1. The maximum absolute atomic E-state index is 12.0. The average Bonchev–Trinajstić information content (AvgIpc) is 2.54. The third kappa shape index (κ3) is 4.46. The Morgan fingerprint density at radius 3 is 2.77 bits per heavy atom. The van der Waals surface area contributed by atoms with Crippen molar-refractivity contribution in [3.05, 3.63) is 42.5 Å². The third-order valence-electron chi connectivity index (χ3n) is 3.39. The minimum absolute atomic E-state index is 0.107. The van der Waals surface area contributed by atoms with Crippen molar-refractivity contribution in [3.63, 3.8) is 0 Å². The van der Waals surface area contributed by atoms with Crippen molar-refractivity contribution in [3.8, 4) is 5.75 Å². The Hall–Kier alpha value is -2.07. The molecule has 118 valence electrons. The number of carbonyl (C=O) groups is 1.